The van der Waals surface area contributed by atoms with Crippen LogP contribution in [0.4, 0.5) is 0 Å². The first-order valence-corrected chi connectivity index (χ1v) is 3.54. The quantitative estimate of drug-likeness (QED) is 0.652. The number of esters is 1. The van der Waals surface area contributed by atoms with Gasteiger partial charge in [0.2, 0.25) is 0 Å². The van der Waals surface area contributed by atoms with Crippen LogP contribution in [0.5, 0.6) is 0 Å². The summed E-state index contributed by atoms with van der Waals surface area (Å²) in [4.78, 5) is 13.8. The molecular weight excluding hydrogens is 142 g/mol. The zero-order chi connectivity index (χ0) is 8.27. The maximum Gasteiger partial charge on any atom is 0.354 e. The molecule has 0 aliphatic rings. The molecule has 60 valence electrons. The summed E-state index contributed by atoms with van der Waals surface area (Å²) < 4.78 is 4.57. The fourth-order valence-electron chi connectivity index (χ4n) is 0.988. The summed E-state index contributed by atoms with van der Waals surface area (Å²) >= 11 is 0. The topological polar surface area (TPSA) is 42.1 Å². The third-order valence-electron chi connectivity index (χ3n) is 1.60. The lowest BCUT2D eigenvalue weighted by Gasteiger charge is -1.97. The number of H-pyrrole nitrogens is 1. The van der Waals surface area contributed by atoms with Gasteiger partial charge >= 0.3 is 5.97 Å². The Bertz CT molecular complexity index is 252. The van der Waals surface area contributed by atoms with Crippen molar-refractivity contribution in [3.05, 3.63) is 23.5 Å². The summed E-state index contributed by atoms with van der Waals surface area (Å²) in [5.74, 6) is -0.299. The molecule has 0 radical (unpaired) electrons. The summed E-state index contributed by atoms with van der Waals surface area (Å²) in [5, 5.41) is 0. The Balaban J connectivity index is 2.92. The second-order valence-corrected chi connectivity index (χ2v) is 2.22. The predicted octanol–water partition coefficient (Wildman–Crippen LogP) is 1.36. The van der Waals surface area contributed by atoms with Crippen molar-refractivity contribution in [2.24, 2.45) is 0 Å². The normalized spacial score (nSPS) is 9.64. The SMILES string of the molecule is CCc1cc[nH]c1C(=O)OC. The van der Waals surface area contributed by atoms with Gasteiger partial charge in [0.05, 0.1) is 7.11 Å². The summed E-state index contributed by atoms with van der Waals surface area (Å²) in [7, 11) is 1.38. The Labute approximate surface area is 65.4 Å². The number of carbonyl (C=O) groups excluding carboxylic acids is 1. The third kappa shape index (κ3) is 1.42. The summed E-state index contributed by atoms with van der Waals surface area (Å²) in [5.41, 5.74) is 1.56. The molecule has 0 amide bonds. The van der Waals surface area contributed by atoms with Crippen LogP contribution in [0.3, 0.4) is 0 Å². The first-order valence-electron chi connectivity index (χ1n) is 3.54. The van der Waals surface area contributed by atoms with E-state index < -0.39 is 0 Å². The van der Waals surface area contributed by atoms with E-state index in [0.29, 0.717) is 5.69 Å². The number of carbonyl (C=O) groups is 1. The molecule has 1 aromatic heterocycles. The van der Waals surface area contributed by atoms with E-state index in [9.17, 15) is 4.79 Å². The van der Waals surface area contributed by atoms with E-state index in [-0.39, 0.29) is 5.97 Å². The van der Waals surface area contributed by atoms with Crippen molar-refractivity contribution in [3.8, 4) is 0 Å². The fraction of sp³-hybridized carbons (Fsp3) is 0.375. The molecular formula is C8H11NO2. The molecule has 0 aromatic carbocycles. The zero-order valence-corrected chi connectivity index (χ0v) is 6.68. The Hall–Kier alpha value is -1.25. The number of ether oxygens (including phenoxy) is 1. The van der Waals surface area contributed by atoms with E-state index in [0.717, 1.165) is 12.0 Å². The van der Waals surface area contributed by atoms with Gasteiger partial charge in [-0.1, -0.05) is 6.92 Å². The standard InChI is InChI=1S/C8H11NO2/c1-3-6-4-5-9-7(6)8(10)11-2/h4-5,9H,3H2,1-2H3. The van der Waals surface area contributed by atoms with Gasteiger partial charge in [0.25, 0.3) is 0 Å². The van der Waals surface area contributed by atoms with Crippen LogP contribution in [0.15, 0.2) is 12.3 Å². The molecule has 0 aliphatic carbocycles. The molecule has 11 heavy (non-hydrogen) atoms. The Morgan fingerprint density at radius 3 is 3.00 bits per heavy atom. The highest BCUT2D eigenvalue weighted by Crippen LogP contribution is 2.07. The van der Waals surface area contributed by atoms with E-state index in [4.69, 9.17) is 0 Å². The number of rotatable bonds is 2. The van der Waals surface area contributed by atoms with E-state index in [1.165, 1.54) is 7.11 Å². The average molecular weight is 153 g/mol. The van der Waals surface area contributed by atoms with Gasteiger partial charge in [0.1, 0.15) is 5.69 Å². The monoisotopic (exact) mass is 153 g/mol. The van der Waals surface area contributed by atoms with Crippen LogP contribution < -0.4 is 0 Å². The van der Waals surface area contributed by atoms with Crippen molar-refractivity contribution in [1.82, 2.24) is 4.98 Å². The zero-order valence-electron chi connectivity index (χ0n) is 6.68. The molecule has 3 nitrogen and oxygen atoms in total. The molecule has 0 fully saturated rings. The number of nitrogens with one attached hydrogen (secondary N) is 1. The number of aromatic amines is 1. The first-order chi connectivity index (χ1) is 5.29. The van der Waals surface area contributed by atoms with E-state index >= 15 is 0 Å². The minimum absolute atomic E-state index is 0.299. The smallest absolute Gasteiger partial charge is 0.354 e. The van der Waals surface area contributed by atoms with Gasteiger partial charge in [-0.2, -0.15) is 0 Å². The minimum atomic E-state index is -0.299. The molecule has 0 bridgehead atoms. The minimum Gasteiger partial charge on any atom is -0.464 e. The molecule has 0 saturated heterocycles. The maximum absolute atomic E-state index is 11.0. The van der Waals surface area contributed by atoms with Crippen LogP contribution in [0.25, 0.3) is 0 Å². The highest BCUT2D eigenvalue weighted by molar-refractivity contribution is 5.88. The van der Waals surface area contributed by atoms with E-state index in [1.54, 1.807) is 6.20 Å². The number of methoxy groups -OCH3 is 1. The number of aryl methyl sites for hydroxylation is 1. The molecule has 1 N–H and O–H groups in total. The molecule has 0 spiro atoms. The highest BCUT2D eigenvalue weighted by atomic mass is 16.5. The molecule has 0 unspecified atom stereocenters. The highest BCUT2D eigenvalue weighted by Gasteiger charge is 2.10. The Kier molecular flexibility index (Phi) is 2.31. The summed E-state index contributed by atoms with van der Waals surface area (Å²) in [6.45, 7) is 2.00. The van der Waals surface area contributed by atoms with Crippen LogP contribution >= 0.6 is 0 Å². The molecule has 1 rings (SSSR count). The first kappa shape index (κ1) is 7.85. The van der Waals surface area contributed by atoms with Crippen molar-refractivity contribution in [3.63, 3.8) is 0 Å². The average Bonchev–Trinajstić information content (AvgIpc) is 2.50. The van der Waals surface area contributed by atoms with Gasteiger partial charge < -0.3 is 9.72 Å². The van der Waals surface area contributed by atoms with Crippen LogP contribution in [-0.4, -0.2) is 18.1 Å². The summed E-state index contributed by atoms with van der Waals surface area (Å²) in [6.07, 6.45) is 2.58. The molecule has 0 saturated carbocycles. The van der Waals surface area contributed by atoms with E-state index in [2.05, 4.69) is 9.72 Å². The maximum atomic E-state index is 11.0. The van der Waals surface area contributed by atoms with Gasteiger partial charge in [-0.3, -0.25) is 0 Å². The molecule has 3 heteroatoms. The van der Waals surface area contributed by atoms with Crippen LogP contribution in [0.1, 0.15) is 23.0 Å². The van der Waals surface area contributed by atoms with Crippen molar-refractivity contribution in [2.45, 2.75) is 13.3 Å². The second-order valence-electron chi connectivity index (χ2n) is 2.22. The van der Waals surface area contributed by atoms with Crippen molar-refractivity contribution in [1.29, 1.82) is 0 Å². The van der Waals surface area contributed by atoms with Crippen molar-refractivity contribution >= 4 is 5.97 Å². The molecule has 0 atom stereocenters. The van der Waals surface area contributed by atoms with Crippen molar-refractivity contribution in [2.75, 3.05) is 7.11 Å². The molecule has 1 aromatic rings. The van der Waals surface area contributed by atoms with Crippen LogP contribution in [0, 0.1) is 0 Å². The number of aromatic nitrogens is 1. The lowest BCUT2D eigenvalue weighted by Crippen LogP contribution is -2.04. The van der Waals surface area contributed by atoms with Gasteiger partial charge in [-0.15, -0.1) is 0 Å². The molecule has 0 aliphatic heterocycles. The van der Waals surface area contributed by atoms with Gasteiger partial charge in [-0.05, 0) is 18.1 Å². The lowest BCUT2D eigenvalue weighted by molar-refractivity contribution is 0.0593. The largest absolute Gasteiger partial charge is 0.464 e. The van der Waals surface area contributed by atoms with Gasteiger partial charge in [0, 0.05) is 6.20 Å². The Morgan fingerprint density at radius 1 is 1.73 bits per heavy atom. The number of hydrogen-bond donors (Lipinski definition) is 1. The van der Waals surface area contributed by atoms with Gasteiger partial charge in [0.15, 0.2) is 0 Å². The van der Waals surface area contributed by atoms with Crippen molar-refractivity contribution < 1.29 is 9.53 Å². The van der Waals surface area contributed by atoms with Crippen LogP contribution in [0.2, 0.25) is 0 Å². The Morgan fingerprint density at radius 2 is 2.45 bits per heavy atom. The predicted molar refractivity (Wildman–Crippen MR) is 41.5 cm³/mol. The second kappa shape index (κ2) is 3.23. The molecule has 1 heterocycles. The summed E-state index contributed by atoms with van der Waals surface area (Å²) in [6, 6.07) is 1.88. The van der Waals surface area contributed by atoms with Gasteiger partial charge in [-0.25, -0.2) is 4.79 Å². The third-order valence-corrected chi connectivity index (χ3v) is 1.60. The lowest BCUT2D eigenvalue weighted by atomic mass is 10.2. The fourth-order valence-corrected chi connectivity index (χ4v) is 0.988. The number of hydrogen-bond acceptors (Lipinski definition) is 2. The van der Waals surface area contributed by atoms with E-state index in [1.807, 2.05) is 13.0 Å². The van der Waals surface area contributed by atoms with Crippen LogP contribution in [-0.2, 0) is 11.2 Å².